The summed E-state index contributed by atoms with van der Waals surface area (Å²) in [7, 11) is 0. The fourth-order valence-electron chi connectivity index (χ4n) is 1.28. The number of nitrogens with zero attached hydrogens (tertiary/aromatic N) is 1. The molecule has 90 valence electrons. The minimum atomic E-state index is -4.37. The first-order valence-corrected chi connectivity index (χ1v) is 5.32. The average Bonchev–Trinajstić information content (AvgIpc) is 2.24. The van der Waals surface area contributed by atoms with Crippen LogP contribution in [-0.2, 0) is 6.18 Å². The standard InChI is InChI=1S/C11H15F3N2/c1-2-3-4-8-15-10-7-5-6-9(16-10)11(12,13)14/h5-7H,2-4,8H2,1H3,(H,15,16). The highest BCUT2D eigenvalue weighted by Gasteiger charge is 2.32. The van der Waals surface area contributed by atoms with Crippen molar-refractivity contribution in [3.63, 3.8) is 0 Å². The average molecular weight is 232 g/mol. The summed E-state index contributed by atoms with van der Waals surface area (Å²) in [5, 5.41) is 2.88. The second-order valence-corrected chi connectivity index (χ2v) is 3.54. The third kappa shape index (κ3) is 4.08. The minimum Gasteiger partial charge on any atom is -0.370 e. The van der Waals surface area contributed by atoms with E-state index in [0.717, 1.165) is 25.3 Å². The van der Waals surface area contributed by atoms with Gasteiger partial charge in [-0.05, 0) is 18.6 Å². The predicted molar refractivity (Wildman–Crippen MR) is 57.3 cm³/mol. The van der Waals surface area contributed by atoms with Crippen LogP contribution in [-0.4, -0.2) is 11.5 Å². The zero-order chi connectivity index (χ0) is 12.0. The van der Waals surface area contributed by atoms with Gasteiger partial charge in [-0.25, -0.2) is 4.98 Å². The van der Waals surface area contributed by atoms with Crippen LogP contribution in [0.2, 0.25) is 0 Å². The second-order valence-electron chi connectivity index (χ2n) is 3.54. The molecule has 1 aromatic rings. The van der Waals surface area contributed by atoms with Crippen LogP contribution in [0.1, 0.15) is 31.9 Å². The minimum absolute atomic E-state index is 0.283. The first-order valence-electron chi connectivity index (χ1n) is 5.32. The van der Waals surface area contributed by atoms with Gasteiger partial charge in [0.2, 0.25) is 0 Å². The van der Waals surface area contributed by atoms with Crippen LogP contribution in [0, 0.1) is 0 Å². The molecule has 0 saturated carbocycles. The lowest BCUT2D eigenvalue weighted by Gasteiger charge is -2.09. The number of nitrogens with one attached hydrogen (secondary N) is 1. The molecule has 0 atom stereocenters. The Bertz CT molecular complexity index is 323. The summed E-state index contributed by atoms with van der Waals surface area (Å²) in [6.07, 6.45) is -1.29. The molecule has 0 fully saturated rings. The van der Waals surface area contributed by atoms with Crippen molar-refractivity contribution >= 4 is 5.82 Å². The molecule has 16 heavy (non-hydrogen) atoms. The van der Waals surface area contributed by atoms with Crippen LogP contribution >= 0.6 is 0 Å². The van der Waals surface area contributed by atoms with Crippen molar-refractivity contribution in [3.8, 4) is 0 Å². The predicted octanol–water partition coefficient (Wildman–Crippen LogP) is 3.70. The summed E-state index contributed by atoms with van der Waals surface area (Å²) in [6, 6.07) is 3.87. The van der Waals surface area contributed by atoms with E-state index in [2.05, 4.69) is 17.2 Å². The summed E-state index contributed by atoms with van der Waals surface area (Å²) in [5.74, 6) is 0.283. The van der Waals surface area contributed by atoms with Crippen LogP contribution in [0.15, 0.2) is 18.2 Å². The summed E-state index contributed by atoms with van der Waals surface area (Å²) in [6.45, 7) is 2.73. The fraction of sp³-hybridized carbons (Fsp3) is 0.545. The largest absolute Gasteiger partial charge is 0.433 e. The van der Waals surface area contributed by atoms with Crippen molar-refractivity contribution in [2.75, 3.05) is 11.9 Å². The Balaban J connectivity index is 2.54. The number of hydrogen-bond acceptors (Lipinski definition) is 2. The van der Waals surface area contributed by atoms with Gasteiger partial charge in [0.05, 0.1) is 0 Å². The number of rotatable bonds is 5. The molecule has 0 aliphatic heterocycles. The van der Waals surface area contributed by atoms with Gasteiger partial charge in [-0.2, -0.15) is 13.2 Å². The molecule has 1 aromatic heterocycles. The Kier molecular flexibility index (Phi) is 4.58. The van der Waals surface area contributed by atoms with E-state index in [9.17, 15) is 13.2 Å². The summed E-state index contributed by atoms with van der Waals surface area (Å²) in [5.41, 5.74) is -0.854. The van der Waals surface area contributed by atoms with Crippen molar-refractivity contribution in [2.45, 2.75) is 32.4 Å². The lowest BCUT2D eigenvalue weighted by Crippen LogP contribution is -2.10. The third-order valence-electron chi connectivity index (χ3n) is 2.13. The molecule has 1 heterocycles. The number of halogens is 3. The van der Waals surface area contributed by atoms with E-state index in [-0.39, 0.29) is 5.82 Å². The van der Waals surface area contributed by atoms with Crippen LogP contribution < -0.4 is 5.32 Å². The van der Waals surface area contributed by atoms with Gasteiger partial charge in [-0.1, -0.05) is 25.8 Å². The molecule has 0 bridgehead atoms. The molecular formula is C11H15F3N2. The Labute approximate surface area is 92.9 Å². The van der Waals surface area contributed by atoms with Gasteiger partial charge >= 0.3 is 6.18 Å². The molecule has 0 aromatic carbocycles. The van der Waals surface area contributed by atoms with E-state index < -0.39 is 11.9 Å². The quantitative estimate of drug-likeness (QED) is 0.783. The fourth-order valence-corrected chi connectivity index (χ4v) is 1.28. The SMILES string of the molecule is CCCCCNc1cccc(C(F)(F)F)n1. The number of alkyl halides is 3. The molecule has 0 amide bonds. The molecule has 0 aliphatic rings. The second kappa shape index (κ2) is 5.72. The number of anilines is 1. The Morgan fingerprint density at radius 3 is 2.62 bits per heavy atom. The van der Waals surface area contributed by atoms with Crippen LogP contribution in [0.4, 0.5) is 19.0 Å². The van der Waals surface area contributed by atoms with Crippen LogP contribution in [0.5, 0.6) is 0 Å². The molecule has 0 aliphatic carbocycles. The van der Waals surface area contributed by atoms with Gasteiger partial charge in [0.1, 0.15) is 11.5 Å². The number of unbranched alkanes of at least 4 members (excludes halogenated alkanes) is 2. The van der Waals surface area contributed by atoms with Gasteiger partial charge in [-0.15, -0.1) is 0 Å². The summed E-state index contributed by atoms with van der Waals surface area (Å²) in [4.78, 5) is 3.51. The van der Waals surface area contributed by atoms with E-state index in [1.54, 1.807) is 6.07 Å². The maximum absolute atomic E-state index is 12.3. The Hall–Kier alpha value is -1.26. The van der Waals surface area contributed by atoms with Crippen LogP contribution in [0.3, 0.4) is 0 Å². The smallest absolute Gasteiger partial charge is 0.370 e. The van der Waals surface area contributed by atoms with Crippen molar-refractivity contribution in [1.82, 2.24) is 4.98 Å². The zero-order valence-electron chi connectivity index (χ0n) is 9.14. The molecule has 0 saturated heterocycles. The Morgan fingerprint density at radius 2 is 2.00 bits per heavy atom. The van der Waals surface area contributed by atoms with Gasteiger partial charge < -0.3 is 5.32 Å². The van der Waals surface area contributed by atoms with E-state index in [1.807, 2.05) is 0 Å². The molecule has 5 heteroatoms. The Morgan fingerprint density at radius 1 is 1.25 bits per heavy atom. The number of aromatic nitrogens is 1. The first-order chi connectivity index (χ1) is 7.54. The van der Waals surface area contributed by atoms with E-state index >= 15 is 0 Å². The maximum Gasteiger partial charge on any atom is 0.433 e. The summed E-state index contributed by atoms with van der Waals surface area (Å²) >= 11 is 0. The maximum atomic E-state index is 12.3. The monoisotopic (exact) mass is 232 g/mol. The molecule has 0 radical (unpaired) electrons. The van der Waals surface area contributed by atoms with Gasteiger partial charge in [0, 0.05) is 6.54 Å². The summed E-state index contributed by atoms with van der Waals surface area (Å²) < 4.78 is 37.0. The molecule has 2 nitrogen and oxygen atoms in total. The highest BCUT2D eigenvalue weighted by atomic mass is 19.4. The number of pyridine rings is 1. The third-order valence-corrected chi connectivity index (χ3v) is 2.13. The topological polar surface area (TPSA) is 24.9 Å². The number of hydrogen-bond donors (Lipinski definition) is 1. The first kappa shape index (κ1) is 12.8. The van der Waals surface area contributed by atoms with Crippen molar-refractivity contribution in [1.29, 1.82) is 0 Å². The van der Waals surface area contributed by atoms with Gasteiger partial charge in [0.15, 0.2) is 0 Å². The molecule has 1 N–H and O–H groups in total. The van der Waals surface area contributed by atoms with E-state index in [4.69, 9.17) is 0 Å². The van der Waals surface area contributed by atoms with Gasteiger partial charge in [0.25, 0.3) is 0 Å². The van der Waals surface area contributed by atoms with Crippen molar-refractivity contribution in [3.05, 3.63) is 23.9 Å². The van der Waals surface area contributed by atoms with E-state index in [1.165, 1.54) is 6.07 Å². The lowest BCUT2D eigenvalue weighted by molar-refractivity contribution is -0.141. The van der Waals surface area contributed by atoms with Crippen molar-refractivity contribution < 1.29 is 13.2 Å². The van der Waals surface area contributed by atoms with Crippen molar-refractivity contribution in [2.24, 2.45) is 0 Å². The lowest BCUT2D eigenvalue weighted by atomic mass is 10.2. The highest BCUT2D eigenvalue weighted by Crippen LogP contribution is 2.28. The highest BCUT2D eigenvalue weighted by molar-refractivity contribution is 5.35. The molecular weight excluding hydrogens is 217 g/mol. The van der Waals surface area contributed by atoms with Crippen LogP contribution in [0.25, 0.3) is 0 Å². The van der Waals surface area contributed by atoms with Gasteiger partial charge in [-0.3, -0.25) is 0 Å². The normalized spacial score (nSPS) is 11.5. The molecule has 1 rings (SSSR count). The van der Waals surface area contributed by atoms with E-state index in [0.29, 0.717) is 6.54 Å². The zero-order valence-corrected chi connectivity index (χ0v) is 9.14. The molecule has 0 unspecified atom stereocenters. The molecule has 0 spiro atoms.